The summed E-state index contributed by atoms with van der Waals surface area (Å²) in [6.07, 6.45) is 1.13. The van der Waals surface area contributed by atoms with E-state index in [1.165, 1.54) is 28.1 Å². The standard InChI is InChI=1S/C19H21N3.ClH/c1-14-11-17-18(12-15(14)2)22(13-16-7-4-3-5-8-16)19-20-9-6-10-21(17)19;/h3-5,7-8,11-12H,6,9-10,13H2,1-2H3;1H. The van der Waals surface area contributed by atoms with Gasteiger partial charge in [-0.05, 0) is 49.1 Å². The number of guanidine groups is 1. The fourth-order valence-electron chi connectivity index (χ4n) is 3.30. The van der Waals surface area contributed by atoms with Crippen LogP contribution in [-0.4, -0.2) is 19.0 Å². The Balaban J connectivity index is 0.00000156. The number of rotatable bonds is 2. The van der Waals surface area contributed by atoms with Gasteiger partial charge in [0.2, 0.25) is 5.96 Å². The Morgan fingerprint density at radius 2 is 1.70 bits per heavy atom. The SMILES string of the molecule is Cc1cc2c(cc1C)N(Cc1ccccc1)C1=NCCCN12.Cl. The summed E-state index contributed by atoms with van der Waals surface area (Å²) >= 11 is 0. The molecule has 0 radical (unpaired) electrons. The van der Waals surface area contributed by atoms with Gasteiger partial charge >= 0.3 is 0 Å². The Hall–Kier alpha value is -2.00. The minimum absolute atomic E-state index is 0. The maximum Gasteiger partial charge on any atom is 0.206 e. The Labute approximate surface area is 144 Å². The van der Waals surface area contributed by atoms with Crippen molar-refractivity contribution in [3.63, 3.8) is 0 Å². The largest absolute Gasteiger partial charge is 0.310 e. The molecule has 4 rings (SSSR count). The highest BCUT2D eigenvalue weighted by atomic mass is 35.5. The van der Waals surface area contributed by atoms with Crippen LogP contribution in [0, 0.1) is 13.8 Å². The van der Waals surface area contributed by atoms with Crippen LogP contribution >= 0.6 is 12.4 Å². The average molecular weight is 328 g/mol. The summed E-state index contributed by atoms with van der Waals surface area (Å²) in [5.74, 6) is 1.12. The Bertz CT molecular complexity index is 740. The number of aliphatic imine (C=N–C) groups is 1. The van der Waals surface area contributed by atoms with E-state index in [2.05, 4.69) is 66.1 Å². The van der Waals surface area contributed by atoms with Crippen molar-refractivity contribution in [3.8, 4) is 0 Å². The molecule has 4 heteroatoms. The van der Waals surface area contributed by atoms with Gasteiger partial charge in [-0.25, -0.2) is 0 Å². The molecule has 0 spiro atoms. The highest BCUT2D eigenvalue weighted by Gasteiger charge is 2.34. The molecule has 0 saturated heterocycles. The number of benzene rings is 2. The van der Waals surface area contributed by atoms with Gasteiger partial charge in [-0.15, -0.1) is 12.4 Å². The van der Waals surface area contributed by atoms with Crippen LogP contribution in [0.25, 0.3) is 0 Å². The van der Waals surface area contributed by atoms with Gasteiger partial charge in [0.15, 0.2) is 0 Å². The van der Waals surface area contributed by atoms with Crippen molar-refractivity contribution in [1.29, 1.82) is 0 Å². The zero-order chi connectivity index (χ0) is 15.1. The summed E-state index contributed by atoms with van der Waals surface area (Å²) < 4.78 is 0. The first-order chi connectivity index (χ1) is 10.7. The molecule has 0 N–H and O–H groups in total. The lowest BCUT2D eigenvalue weighted by Crippen LogP contribution is -2.41. The lowest BCUT2D eigenvalue weighted by molar-refractivity contribution is 0.784. The fraction of sp³-hybridized carbons (Fsp3) is 0.316. The molecule has 2 aliphatic rings. The number of halogens is 1. The lowest BCUT2D eigenvalue weighted by Gasteiger charge is -2.26. The zero-order valence-corrected chi connectivity index (χ0v) is 14.4. The number of hydrogen-bond acceptors (Lipinski definition) is 3. The number of fused-ring (bicyclic) bond motifs is 3. The monoisotopic (exact) mass is 327 g/mol. The molecule has 0 bridgehead atoms. The Morgan fingerprint density at radius 1 is 1.00 bits per heavy atom. The van der Waals surface area contributed by atoms with Gasteiger partial charge in [0, 0.05) is 13.1 Å². The summed E-state index contributed by atoms with van der Waals surface area (Å²) in [5.41, 5.74) is 6.63. The van der Waals surface area contributed by atoms with Gasteiger partial charge in [-0.1, -0.05) is 30.3 Å². The van der Waals surface area contributed by atoms with Crippen LogP contribution in [0.1, 0.15) is 23.1 Å². The zero-order valence-electron chi connectivity index (χ0n) is 13.6. The lowest BCUT2D eigenvalue weighted by atomic mass is 10.1. The second-order valence-corrected chi connectivity index (χ2v) is 6.18. The van der Waals surface area contributed by atoms with Crippen molar-refractivity contribution >= 4 is 29.7 Å². The van der Waals surface area contributed by atoms with E-state index in [1.54, 1.807) is 0 Å². The summed E-state index contributed by atoms with van der Waals surface area (Å²) in [6.45, 7) is 7.26. The highest BCUT2D eigenvalue weighted by molar-refractivity contribution is 6.16. The Morgan fingerprint density at radius 3 is 2.43 bits per heavy atom. The van der Waals surface area contributed by atoms with Gasteiger partial charge < -0.3 is 9.80 Å². The predicted molar refractivity (Wildman–Crippen MR) is 100 cm³/mol. The Kier molecular flexibility index (Phi) is 4.31. The van der Waals surface area contributed by atoms with Crippen LogP contribution in [0.4, 0.5) is 11.4 Å². The maximum atomic E-state index is 4.81. The van der Waals surface area contributed by atoms with Crippen LogP contribution < -0.4 is 9.80 Å². The molecule has 0 unspecified atom stereocenters. The first kappa shape index (κ1) is 15.9. The van der Waals surface area contributed by atoms with Gasteiger partial charge in [0.1, 0.15) is 0 Å². The predicted octanol–water partition coefficient (Wildman–Crippen LogP) is 4.31. The van der Waals surface area contributed by atoms with E-state index in [0.29, 0.717) is 0 Å². The van der Waals surface area contributed by atoms with Crippen LogP contribution in [0.5, 0.6) is 0 Å². The highest BCUT2D eigenvalue weighted by Crippen LogP contribution is 2.41. The molecule has 0 atom stereocenters. The van der Waals surface area contributed by atoms with E-state index < -0.39 is 0 Å². The smallest absolute Gasteiger partial charge is 0.206 e. The molecule has 0 saturated carbocycles. The van der Waals surface area contributed by atoms with Gasteiger partial charge in [0.05, 0.1) is 17.9 Å². The van der Waals surface area contributed by atoms with Crippen molar-refractivity contribution in [1.82, 2.24) is 0 Å². The summed E-state index contributed by atoms with van der Waals surface area (Å²) in [7, 11) is 0. The third-order valence-corrected chi connectivity index (χ3v) is 4.63. The normalized spacial score (nSPS) is 15.7. The summed E-state index contributed by atoms with van der Waals surface area (Å²) in [4.78, 5) is 9.57. The van der Waals surface area contributed by atoms with E-state index in [4.69, 9.17) is 4.99 Å². The van der Waals surface area contributed by atoms with E-state index in [9.17, 15) is 0 Å². The molecular formula is C19H22ClN3. The third kappa shape index (κ3) is 2.70. The van der Waals surface area contributed by atoms with E-state index >= 15 is 0 Å². The maximum absolute atomic E-state index is 4.81. The second-order valence-electron chi connectivity index (χ2n) is 6.18. The molecule has 120 valence electrons. The van der Waals surface area contributed by atoms with Crippen molar-refractivity contribution in [2.45, 2.75) is 26.8 Å². The molecule has 2 aromatic rings. The number of nitrogens with zero attached hydrogens (tertiary/aromatic N) is 3. The molecule has 0 aromatic heterocycles. The van der Waals surface area contributed by atoms with Crippen molar-refractivity contribution < 1.29 is 0 Å². The first-order valence-electron chi connectivity index (χ1n) is 7.99. The van der Waals surface area contributed by atoms with Crippen molar-refractivity contribution in [2.75, 3.05) is 22.9 Å². The van der Waals surface area contributed by atoms with E-state index in [-0.39, 0.29) is 12.4 Å². The van der Waals surface area contributed by atoms with E-state index in [0.717, 1.165) is 32.0 Å². The molecule has 2 heterocycles. The van der Waals surface area contributed by atoms with Crippen molar-refractivity contribution in [2.24, 2.45) is 4.99 Å². The topological polar surface area (TPSA) is 18.8 Å². The van der Waals surface area contributed by atoms with Crippen molar-refractivity contribution in [3.05, 3.63) is 59.2 Å². The van der Waals surface area contributed by atoms with Gasteiger partial charge in [0.25, 0.3) is 0 Å². The molecule has 2 aromatic carbocycles. The number of hydrogen-bond donors (Lipinski definition) is 0. The van der Waals surface area contributed by atoms with Crippen LogP contribution in [0.3, 0.4) is 0 Å². The molecule has 2 aliphatic heterocycles. The second kappa shape index (κ2) is 6.25. The number of anilines is 2. The van der Waals surface area contributed by atoms with Crippen LogP contribution in [0.2, 0.25) is 0 Å². The minimum atomic E-state index is 0. The molecule has 23 heavy (non-hydrogen) atoms. The molecule has 0 fully saturated rings. The molecular weight excluding hydrogens is 306 g/mol. The van der Waals surface area contributed by atoms with Gasteiger partial charge in [-0.3, -0.25) is 4.99 Å². The molecule has 0 amide bonds. The summed E-state index contributed by atoms with van der Waals surface area (Å²) in [5, 5.41) is 0. The van der Waals surface area contributed by atoms with Crippen LogP contribution in [-0.2, 0) is 6.54 Å². The fourth-order valence-corrected chi connectivity index (χ4v) is 3.30. The quantitative estimate of drug-likeness (QED) is 0.818. The summed E-state index contributed by atoms with van der Waals surface area (Å²) in [6, 6.07) is 15.3. The van der Waals surface area contributed by atoms with Gasteiger partial charge in [-0.2, -0.15) is 0 Å². The van der Waals surface area contributed by atoms with Crippen LogP contribution in [0.15, 0.2) is 47.5 Å². The number of aryl methyl sites for hydroxylation is 2. The first-order valence-corrected chi connectivity index (χ1v) is 7.99. The average Bonchev–Trinajstić information content (AvgIpc) is 2.83. The minimum Gasteiger partial charge on any atom is -0.310 e. The third-order valence-electron chi connectivity index (χ3n) is 4.63. The van der Waals surface area contributed by atoms with E-state index in [1.807, 2.05) is 0 Å². The molecule has 3 nitrogen and oxygen atoms in total. The molecule has 0 aliphatic carbocycles.